The first-order valence-electron chi connectivity index (χ1n) is 5.56. The quantitative estimate of drug-likeness (QED) is 0.337. The van der Waals surface area contributed by atoms with E-state index in [1.165, 1.54) is 12.8 Å². The molecule has 1 fully saturated rings. The summed E-state index contributed by atoms with van der Waals surface area (Å²) in [6, 6.07) is 0. The van der Waals surface area contributed by atoms with Crippen LogP contribution in [0.3, 0.4) is 0 Å². The first kappa shape index (κ1) is 13.2. The van der Waals surface area contributed by atoms with E-state index in [0.717, 1.165) is 19.3 Å². The van der Waals surface area contributed by atoms with Gasteiger partial charge < -0.3 is 9.47 Å². The SMILES string of the molecule is CCC(I)C(=O)OC(OC)C1CCCC1. The van der Waals surface area contributed by atoms with Gasteiger partial charge in [0.05, 0.1) is 0 Å². The zero-order chi connectivity index (χ0) is 11.3. The lowest BCUT2D eigenvalue weighted by molar-refractivity contribution is -0.183. The number of carbonyl (C=O) groups is 1. The molecule has 0 aliphatic heterocycles. The van der Waals surface area contributed by atoms with E-state index in [1.807, 2.05) is 6.92 Å². The average Bonchev–Trinajstić information content (AvgIpc) is 2.77. The van der Waals surface area contributed by atoms with Crippen molar-refractivity contribution in [2.45, 2.75) is 49.2 Å². The Bertz CT molecular complexity index is 202. The molecule has 0 spiro atoms. The first-order valence-corrected chi connectivity index (χ1v) is 6.81. The molecule has 1 aliphatic rings. The zero-order valence-electron chi connectivity index (χ0n) is 9.37. The summed E-state index contributed by atoms with van der Waals surface area (Å²) < 4.78 is 10.6. The Hall–Kier alpha value is 0.160. The topological polar surface area (TPSA) is 35.5 Å². The summed E-state index contributed by atoms with van der Waals surface area (Å²) in [6.07, 6.45) is 5.16. The van der Waals surface area contributed by atoms with Gasteiger partial charge in [-0.1, -0.05) is 42.4 Å². The van der Waals surface area contributed by atoms with Crippen LogP contribution in [0.2, 0.25) is 0 Å². The molecule has 2 unspecified atom stereocenters. The number of rotatable bonds is 5. The van der Waals surface area contributed by atoms with Gasteiger partial charge >= 0.3 is 5.97 Å². The van der Waals surface area contributed by atoms with Crippen LogP contribution in [0, 0.1) is 5.92 Å². The van der Waals surface area contributed by atoms with Crippen molar-refractivity contribution in [3.8, 4) is 0 Å². The molecule has 0 aromatic carbocycles. The molecule has 0 saturated heterocycles. The Kier molecular flexibility index (Phi) is 5.89. The summed E-state index contributed by atoms with van der Waals surface area (Å²) in [5, 5.41) is 0. The molecule has 1 saturated carbocycles. The second-order valence-corrected chi connectivity index (χ2v) is 5.46. The molecule has 0 N–H and O–H groups in total. The molecule has 0 aromatic rings. The van der Waals surface area contributed by atoms with Crippen LogP contribution in [0.1, 0.15) is 39.0 Å². The van der Waals surface area contributed by atoms with Gasteiger partial charge in [-0.3, -0.25) is 4.79 Å². The summed E-state index contributed by atoms with van der Waals surface area (Å²) in [7, 11) is 1.62. The summed E-state index contributed by atoms with van der Waals surface area (Å²) in [4.78, 5) is 11.6. The second-order valence-electron chi connectivity index (χ2n) is 3.96. The van der Waals surface area contributed by atoms with Crippen molar-refractivity contribution in [1.82, 2.24) is 0 Å². The highest BCUT2D eigenvalue weighted by atomic mass is 127. The number of hydrogen-bond donors (Lipinski definition) is 0. The van der Waals surface area contributed by atoms with Gasteiger partial charge in [0.1, 0.15) is 3.92 Å². The molecule has 0 radical (unpaired) electrons. The van der Waals surface area contributed by atoms with Crippen molar-refractivity contribution in [1.29, 1.82) is 0 Å². The van der Waals surface area contributed by atoms with E-state index < -0.39 is 0 Å². The predicted octanol–water partition coefficient (Wildman–Crippen LogP) is 2.91. The van der Waals surface area contributed by atoms with Crippen molar-refractivity contribution in [2.24, 2.45) is 5.92 Å². The van der Waals surface area contributed by atoms with Gasteiger partial charge in [0.25, 0.3) is 0 Å². The normalized spacial score (nSPS) is 21.3. The van der Waals surface area contributed by atoms with Crippen LogP contribution < -0.4 is 0 Å². The molecule has 4 heteroatoms. The van der Waals surface area contributed by atoms with Crippen LogP contribution >= 0.6 is 22.6 Å². The minimum Gasteiger partial charge on any atom is -0.435 e. The Balaban J connectivity index is 2.41. The number of methoxy groups -OCH3 is 1. The van der Waals surface area contributed by atoms with E-state index in [1.54, 1.807) is 7.11 Å². The third-order valence-electron chi connectivity index (χ3n) is 2.86. The van der Waals surface area contributed by atoms with E-state index in [-0.39, 0.29) is 16.2 Å². The molecule has 0 aromatic heterocycles. The third-order valence-corrected chi connectivity index (χ3v) is 4.25. The maximum atomic E-state index is 11.6. The number of carbonyl (C=O) groups excluding carboxylic acids is 1. The van der Waals surface area contributed by atoms with Crippen molar-refractivity contribution in [3.05, 3.63) is 0 Å². The predicted molar refractivity (Wildman–Crippen MR) is 66.9 cm³/mol. The monoisotopic (exact) mass is 326 g/mol. The van der Waals surface area contributed by atoms with Crippen LogP contribution in [-0.2, 0) is 14.3 Å². The highest BCUT2D eigenvalue weighted by Crippen LogP contribution is 2.30. The standard InChI is InChI=1S/C11H19IO3/c1-3-9(12)10(13)15-11(14-2)8-6-4-5-7-8/h8-9,11H,3-7H2,1-2H3. The molecule has 2 atom stereocenters. The fourth-order valence-corrected chi connectivity index (χ4v) is 2.07. The average molecular weight is 326 g/mol. The van der Waals surface area contributed by atoms with Crippen LogP contribution in [0.5, 0.6) is 0 Å². The van der Waals surface area contributed by atoms with Crippen molar-refractivity contribution < 1.29 is 14.3 Å². The minimum absolute atomic E-state index is 0.0540. The Morgan fingerprint density at radius 1 is 1.47 bits per heavy atom. The fourth-order valence-electron chi connectivity index (χ4n) is 1.92. The fraction of sp³-hybridized carbons (Fsp3) is 0.909. The van der Waals surface area contributed by atoms with Gasteiger partial charge in [0.15, 0.2) is 0 Å². The van der Waals surface area contributed by atoms with Gasteiger partial charge in [0, 0.05) is 13.0 Å². The first-order chi connectivity index (χ1) is 7.19. The highest BCUT2D eigenvalue weighted by molar-refractivity contribution is 14.1. The van der Waals surface area contributed by atoms with E-state index in [9.17, 15) is 4.79 Å². The number of ether oxygens (including phenoxy) is 2. The minimum atomic E-state index is -0.330. The highest BCUT2D eigenvalue weighted by Gasteiger charge is 2.29. The number of alkyl halides is 1. The largest absolute Gasteiger partial charge is 0.435 e. The smallest absolute Gasteiger partial charge is 0.321 e. The Labute approximate surface area is 105 Å². The van der Waals surface area contributed by atoms with Gasteiger partial charge in [-0.25, -0.2) is 0 Å². The van der Waals surface area contributed by atoms with E-state index in [4.69, 9.17) is 9.47 Å². The van der Waals surface area contributed by atoms with E-state index in [0.29, 0.717) is 5.92 Å². The van der Waals surface area contributed by atoms with Crippen molar-refractivity contribution in [3.63, 3.8) is 0 Å². The van der Waals surface area contributed by atoms with Gasteiger partial charge in [-0.15, -0.1) is 0 Å². The molecule has 0 heterocycles. The van der Waals surface area contributed by atoms with Gasteiger partial charge in [-0.2, -0.15) is 0 Å². The lowest BCUT2D eigenvalue weighted by atomic mass is 10.1. The lowest BCUT2D eigenvalue weighted by Gasteiger charge is -2.22. The second kappa shape index (κ2) is 6.68. The summed E-state index contributed by atoms with van der Waals surface area (Å²) in [5.74, 6) is 0.260. The molecule has 0 bridgehead atoms. The Morgan fingerprint density at radius 3 is 2.53 bits per heavy atom. The van der Waals surface area contributed by atoms with E-state index >= 15 is 0 Å². The number of halogens is 1. The molecule has 3 nitrogen and oxygen atoms in total. The van der Waals surface area contributed by atoms with Crippen LogP contribution in [0.4, 0.5) is 0 Å². The molecule has 15 heavy (non-hydrogen) atoms. The summed E-state index contributed by atoms with van der Waals surface area (Å²) in [6.45, 7) is 1.98. The number of esters is 1. The molecular formula is C11H19IO3. The zero-order valence-corrected chi connectivity index (χ0v) is 11.5. The maximum absolute atomic E-state index is 11.6. The van der Waals surface area contributed by atoms with Gasteiger partial charge in [0.2, 0.25) is 6.29 Å². The molecule has 0 amide bonds. The lowest BCUT2D eigenvalue weighted by Crippen LogP contribution is -2.30. The van der Waals surface area contributed by atoms with Gasteiger partial charge in [-0.05, 0) is 19.3 Å². The maximum Gasteiger partial charge on any atom is 0.321 e. The molecule has 1 rings (SSSR count). The Morgan fingerprint density at radius 2 is 2.07 bits per heavy atom. The molecule has 1 aliphatic carbocycles. The van der Waals surface area contributed by atoms with Crippen molar-refractivity contribution >= 4 is 28.6 Å². The molecule has 88 valence electrons. The summed E-state index contributed by atoms with van der Waals surface area (Å²) in [5.41, 5.74) is 0. The van der Waals surface area contributed by atoms with Crippen LogP contribution in [0.15, 0.2) is 0 Å². The van der Waals surface area contributed by atoms with Crippen molar-refractivity contribution in [2.75, 3.05) is 7.11 Å². The number of hydrogen-bond acceptors (Lipinski definition) is 3. The van der Waals surface area contributed by atoms with E-state index in [2.05, 4.69) is 22.6 Å². The summed E-state index contributed by atoms with van der Waals surface area (Å²) >= 11 is 2.11. The molecular weight excluding hydrogens is 307 g/mol. The third kappa shape index (κ3) is 3.90. The van der Waals surface area contributed by atoms with Crippen LogP contribution in [-0.4, -0.2) is 23.3 Å². The van der Waals surface area contributed by atoms with Crippen LogP contribution in [0.25, 0.3) is 0 Å².